The number of carbonyl (C=O) groups excluding carboxylic acids is 1. The van der Waals surface area contributed by atoms with E-state index < -0.39 is 10.0 Å². The minimum absolute atomic E-state index is 0.0876. The van der Waals surface area contributed by atoms with Crippen molar-refractivity contribution in [1.29, 1.82) is 0 Å². The van der Waals surface area contributed by atoms with Crippen LogP contribution in [-0.2, 0) is 14.8 Å². The highest BCUT2D eigenvalue weighted by atomic mass is 35.5. The first-order valence-corrected chi connectivity index (χ1v) is 12.8. The van der Waals surface area contributed by atoms with Gasteiger partial charge in [-0.25, -0.2) is 12.7 Å². The fraction of sp³-hybridized carbons (Fsp3) is 0.375. The average Bonchev–Trinajstić information content (AvgIpc) is 2.80. The van der Waals surface area contributed by atoms with Crippen LogP contribution in [0.3, 0.4) is 0 Å². The molecular formula is C24H31ClN4O3S. The zero-order chi connectivity index (χ0) is 23.8. The third kappa shape index (κ3) is 7.38. The second-order valence-corrected chi connectivity index (χ2v) is 10.7. The second-order valence-electron chi connectivity index (χ2n) is 8.18. The minimum atomic E-state index is -3.60. The maximum absolute atomic E-state index is 12.5. The lowest BCUT2D eigenvalue weighted by atomic mass is 10.2. The van der Waals surface area contributed by atoms with Gasteiger partial charge in [-0.3, -0.25) is 9.69 Å². The van der Waals surface area contributed by atoms with Crippen LogP contribution in [0.4, 0.5) is 5.69 Å². The number of hydrogen-bond acceptors (Lipinski definition) is 5. The van der Waals surface area contributed by atoms with Crippen molar-refractivity contribution in [3.8, 4) is 0 Å². The molecule has 0 aliphatic carbocycles. The Hall–Kier alpha value is -2.23. The van der Waals surface area contributed by atoms with E-state index in [0.29, 0.717) is 23.7 Å². The van der Waals surface area contributed by atoms with Crippen LogP contribution in [0.2, 0.25) is 5.02 Å². The van der Waals surface area contributed by atoms with E-state index in [9.17, 15) is 13.2 Å². The van der Waals surface area contributed by atoms with Crippen LogP contribution >= 0.6 is 11.6 Å². The van der Waals surface area contributed by atoms with Gasteiger partial charge in [0.15, 0.2) is 0 Å². The van der Waals surface area contributed by atoms with Crippen molar-refractivity contribution >= 4 is 39.3 Å². The number of anilines is 1. The Kier molecular flexibility index (Phi) is 9.05. The largest absolute Gasteiger partial charge is 0.325 e. The molecule has 1 saturated heterocycles. The predicted octanol–water partition coefficient (Wildman–Crippen LogP) is 3.25. The van der Waals surface area contributed by atoms with Gasteiger partial charge in [-0.05, 0) is 23.8 Å². The minimum Gasteiger partial charge on any atom is -0.325 e. The number of rotatable bonds is 9. The first-order valence-electron chi connectivity index (χ1n) is 10.9. The lowest BCUT2D eigenvalue weighted by Crippen LogP contribution is -2.46. The highest BCUT2D eigenvalue weighted by Gasteiger charge is 2.20. The number of piperazine rings is 1. The van der Waals surface area contributed by atoms with Gasteiger partial charge < -0.3 is 10.2 Å². The van der Waals surface area contributed by atoms with Gasteiger partial charge >= 0.3 is 0 Å². The molecule has 2 aromatic rings. The van der Waals surface area contributed by atoms with E-state index in [1.54, 1.807) is 0 Å². The zero-order valence-corrected chi connectivity index (χ0v) is 20.6. The molecule has 178 valence electrons. The second kappa shape index (κ2) is 11.8. The van der Waals surface area contributed by atoms with Crippen LogP contribution in [0.1, 0.15) is 12.0 Å². The van der Waals surface area contributed by atoms with E-state index in [-0.39, 0.29) is 10.8 Å². The molecule has 0 saturated carbocycles. The molecule has 9 heteroatoms. The number of sulfonamides is 1. The number of carbonyl (C=O) groups is 1. The first-order chi connectivity index (χ1) is 15.8. The topological polar surface area (TPSA) is 73.0 Å². The summed E-state index contributed by atoms with van der Waals surface area (Å²) in [5.41, 5.74) is 1.51. The van der Waals surface area contributed by atoms with Gasteiger partial charge in [0.1, 0.15) is 0 Å². The third-order valence-corrected chi connectivity index (χ3v) is 7.72. The molecule has 0 radical (unpaired) electrons. The molecule has 1 heterocycles. The third-order valence-electron chi connectivity index (χ3n) is 5.58. The number of halogens is 1. The standard InChI is InChI=1S/C24H31ClN4O3S/c1-27(2)33(31,32)21-10-11-22(25)23(19-21)26-24(30)12-14-29-17-15-28(16-18-29)13-6-9-20-7-4-3-5-8-20/h3-11,19H,12-18H2,1-2H3,(H,26,30). The summed E-state index contributed by atoms with van der Waals surface area (Å²) in [5.74, 6) is -0.190. The van der Waals surface area contributed by atoms with Crippen molar-refractivity contribution in [2.45, 2.75) is 11.3 Å². The normalized spacial score (nSPS) is 15.9. The predicted molar refractivity (Wildman–Crippen MR) is 134 cm³/mol. The van der Waals surface area contributed by atoms with Crippen LogP contribution in [0, 0.1) is 0 Å². The average molecular weight is 491 g/mol. The van der Waals surface area contributed by atoms with Crippen LogP contribution in [0.15, 0.2) is 59.5 Å². The van der Waals surface area contributed by atoms with E-state index in [2.05, 4.69) is 39.4 Å². The summed E-state index contributed by atoms with van der Waals surface area (Å²) in [7, 11) is -0.684. The fourth-order valence-corrected chi connectivity index (χ4v) is 4.63. The summed E-state index contributed by atoms with van der Waals surface area (Å²) in [5, 5.41) is 3.06. The molecule has 2 aromatic carbocycles. The van der Waals surface area contributed by atoms with E-state index in [4.69, 9.17) is 11.6 Å². The highest BCUT2D eigenvalue weighted by molar-refractivity contribution is 7.89. The summed E-state index contributed by atoms with van der Waals surface area (Å²) >= 11 is 6.17. The molecule has 0 spiro atoms. The van der Waals surface area contributed by atoms with Crippen LogP contribution < -0.4 is 5.32 Å². The lowest BCUT2D eigenvalue weighted by molar-refractivity contribution is -0.116. The van der Waals surface area contributed by atoms with E-state index >= 15 is 0 Å². The molecule has 0 aromatic heterocycles. The number of nitrogens with one attached hydrogen (secondary N) is 1. The number of nitrogens with zero attached hydrogens (tertiary/aromatic N) is 3. The molecule has 33 heavy (non-hydrogen) atoms. The van der Waals surface area contributed by atoms with Gasteiger partial charge in [0.05, 0.1) is 15.6 Å². The SMILES string of the molecule is CN(C)S(=O)(=O)c1ccc(Cl)c(NC(=O)CCN2CCN(CC=Cc3ccccc3)CC2)c1. The zero-order valence-electron chi connectivity index (χ0n) is 19.1. The van der Waals surface area contributed by atoms with Gasteiger partial charge in [-0.1, -0.05) is 54.1 Å². The Balaban J connectivity index is 1.43. The van der Waals surface area contributed by atoms with Crippen LogP contribution in [0.25, 0.3) is 6.08 Å². The van der Waals surface area contributed by atoms with Crippen molar-refractivity contribution < 1.29 is 13.2 Å². The van der Waals surface area contributed by atoms with E-state index in [1.807, 2.05) is 18.2 Å². The number of benzene rings is 2. The molecule has 7 nitrogen and oxygen atoms in total. The van der Waals surface area contributed by atoms with Gasteiger partial charge in [0.25, 0.3) is 0 Å². The van der Waals surface area contributed by atoms with Crippen molar-refractivity contribution in [3.63, 3.8) is 0 Å². The molecule has 1 fully saturated rings. The van der Waals surface area contributed by atoms with Gasteiger partial charge in [-0.2, -0.15) is 0 Å². The van der Waals surface area contributed by atoms with Crippen LogP contribution in [0.5, 0.6) is 0 Å². The van der Waals surface area contributed by atoms with Crippen LogP contribution in [-0.4, -0.2) is 81.8 Å². The van der Waals surface area contributed by atoms with E-state index in [0.717, 1.165) is 37.0 Å². The molecule has 3 rings (SSSR count). The molecule has 0 unspecified atom stereocenters. The molecule has 1 aliphatic heterocycles. The van der Waals surface area contributed by atoms with Crippen molar-refractivity contribution in [2.75, 3.05) is 58.7 Å². The molecular weight excluding hydrogens is 460 g/mol. The smallest absolute Gasteiger partial charge is 0.242 e. The van der Waals surface area contributed by atoms with Crippen molar-refractivity contribution in [2.24, 2.45) is 0 Å². The summed E-state index contributed by atoms with van der Waals surface area (Å²) in [6, 6.07) is 14.6. The Labute approximate surface area is 201 Å². The molecule has 1 amide bonds. The van der Waals surface area contributed by atoms with Gasteiger partial charge in [0.2, 0.25) is 15.9 Å². The molecule has 1 N–H and O–H groups in total. The Morgan fingerprint density at radius 2 is 1.73 bits per heavy atom. The maximum Gasteiger partial charge on any atom is 0.242 e. The Bertz CT molecular complexity index is 1070. The van der Waals surface area contributed by atoms with E-state index in [1.165, 1.54) is 37.9 Å². The number of hydrogen-bond donors (Lipinski definition) is 1. The summed E-state index contributed by atoms with van der Waals surface area (Å²) in [6.45, 7) is 5.28. The quantitative estimate of drug-likeness (QED) is 0.584. The monoisotopic (exact) mass is 490 g/mol. The summed E-state index contributed by atoms with van der Waals surface area (Å²) < 4.78 is 25.8. The maximum atomic E-state index is 12.5. The Morgan fingerprint density at radius 3 is 2.39 bits per heavy atom. The van der Waals surface area contributed by atoms with Crippen molar-refractivity contribution in [3.05, 3.63) is 65.2 Å². The summed E-state index contributed by atoms with van der Waals surface area (Å²) in [6.07, 6.45) is 4.64. The molecule has 0 atom stereocenters. The van der Waals surface area contributed by atoms with Crippen molar-refractivity contribution in [1.82, 2.24) is 14.1 Å². The van der Waals surface area contributed by atoms with Gasteiger partial charge in [-0.15, -0.1) is 0 Å². The summed E-state index contributed by atoms with van der Waals surface area (Å²) in [4.78, 5) is 17.2. The molecule has 0 bridgehead atoms. The number of amides is 1. The lowest BCUT2D eigenvalue weighted by Gasteiger charge is -2.34. The Morgan fingerprint density at radius 1 is 1.06 bits per heavy atom. The first kappa shape index (κ1) is 25.4. The van der Waals surface area contributed by atoms with Gasteiger partial charge in [0, 0.05) is 59.8 Å². The highest BCUT2D eigenvalue weighted by Crippen LogP contribution is 2.26. The molecule has 1 aliphatic rings. The fourth-order valence-electron chi connectivity index (χ4n) is 3.54.